The van der Waals surface area contributed by atoms with Crippen molar-refractivity contribution < 1.29 is 17.6 Å². The molecular formula is C26H23FIN5O3S. The van der Waals surface area contributed by atoms with Crippen LogP contribution < -0.4 is 10.0 Å². The Labute approximate surface area is 226 Å². The average molecular weight is 631 g/mol. The van der Waals surface area contributed by atoms with E-state index in [2.05, 4.69) is 42.8 Å². The number of fused-ring (bicyclic) bond motifs is 2. The Bertz CT molecular complexity index is 1780. The summed E-state index contributed by atoms with van der Waals surface area (Å²) in [7, 11) is -1.72. The minimum Gasteiger partial charge on any atom is -0.351 e. The number of rotatable bonds is 7. The second kappa shape index (κ2) is 9.78. The van der Waals surface area contributed by atoms with Crippen LogP contribution in [0.25, 0.3) is 33.2 Å². The number of carbonyl (C=O) groups excluding carboxylic acids is 1. The van der Waals surface area contributed by atoms with Gasteiger partial charge in [-0.15, -0.1) is 0 Å². The lowest BCUT2D eigenvalue weighted by molar-refractivity contribution is 0.102. The van der Waals surface area contributed by atoms with Gasteiger partial charge in [-0.05, 0) is 77.0 Å². The lowest BCUT2D eigenvalue weighted by Crippen LogP contribution is -2.20. The number of benzene rings is 2. The van der Waals surface area contributed by atoms with Gasteiger partial charge in [0.25, 0.3) is 5.91 Å². The number of aryl methyl sites for hydroxylation is 1. The Hall–Kier alpha value is -3.45. The zero-order valence-electron chi connectivity index (χ0n) is 20.0. The Morgan fingerprint density at radius 1 is 1.14 bits per heavy atom. The van der Waals surface area contributed by atoms with Crippen LogP contribution in [0.15, 0.2) is 60.9 Å². The summed E-state index contributed by atoms with van der Waals surface area (Å²) < 4.78 is 44.1. The molecule has 0 spiro atoms. The molecule has 37 heavy (non-hydrogen) atoms. The van der Waals surface area contributed by atoms with Crippen molar-refractivity contribution in [2.24, 2.45) is 7.05 Å². The van der Waals surface area contributed by atoms with Crippen molar-refractivity contribution in [3.63, 3.8) is 0 Å². The Morgan fingerprint density at radius 3 is 2.73 bits per heavy atom. The summed E-state index contributed by atoms with van der Waals surface area (Å²) in [5.74, 6) is -1.79. The molecule has 3 N–H and O–H groups in total. The van der Waals surface area contributed by atoms with Crippen molar-refractivity contribution >= 4 is 71.8 Å². The van der Waals surface area contributed by atoms with Crippen molar-refractivity contribution in [1.29, 1.82) is 0 Å². The molecule has 0 bridgehead atoms. The normalized spacial score (nSPS) is 11.8. The monoisotopic (exact) mass is 631 g/mol. The second-order valence-corrected chi connectivity index (χ2v) is 11.7. The molecule has 0 aliphatic heterocycles. The van der Waals surface area contributed by atoms with Gasteiger partial charge in [0.2, 0.25) is 10.0 Å². The Balaban J connectivity index is 1.41. The zero-order valence-corrected chi connectivity index (χ0v) is 22.9. The van der Waals surface area contributed by atoms with Gasteiger partial charge in [-0.3, -0.25) is 9.52 Å². The van der Waals surface area contributed by atoms with E-state index >= 15 is 4.39 Å². The quantitative estimate of drug-likeness (QED) is 0.195. The van der Waals surface area contributed by atoms with E-state index in [-0.39, 0.29) is 17.0 Å². The number of sulfonamides is 1. The van der Waals surface area contributed by atoms with Crippen LogP contribution in [0.1, 0.15) is 23.7 Å². The van der Waals surface area contributed by atoms with Crippen LogP contribution in [0, 0.1) is 9.39 Å². The van der Waals surface area contributed by atoms with Crippen LogP contribution in [0.4, 0.5) is 15.8 Å². The first kappa shape index (κ1) is 25.2. The van der Waals surface area contributed by atoms with E-state index in [4.69, 9.17) is 0 Å². The molecule has 0 aliphatic rings. The first-order valence-electron chi connectivity index (χ1n) is 11.5. The third kappa shape index (κ3) is 5.05. The standard InChI is InChI=1S/C26H23FIN5O3S/c1-3-10-37(35,36)32-20-6-5-19(28)23(24(20)27)26(34)30-18-12-17-13-21(31-25(17)29-14-18)15-4-7-22-16(11-15)8-9-33(22)2/h4-9,11-14,32H,3,10H2,1-2H3,(H,29,31)(H,30,34). The first-order valence-corrected chi connectivity index (χ1v) is 14.2. The second-order valence-electron chi connectivity index (χ2n) is 8.70. The molecule has 0 radical (unpaired) electrons. The van der Waals surface area contributed by atoms with Crippen molar-refractivity contribution in [2.45, 2.75) is 13.3 Å². The van der Waals surface area contributed by atoms with E-state index in [0.717, 1.165) is 27.5 Å². The predicted octanol–water partition coefficient (Wildman–Crippen LogP) is 5.87. The van der Waals surface area contributed by atoms with Crippen LogP contribution in [0.3, 0.4) is 0 Å². The van der Waals surface area contributed by atoms with Crippen molar-refractivity contribution in [2.75, 3.05) is 15.8 Å². The van der Waals surface area contributed by atoms with Crippen LogP contribution in [-0.2, 0) is 17.1 Å². The molecule has 190 valence electrons. The van der Waals surface area contributed by atoms with Gasteiger partial charge in [-0.2, -0.15) is 0 Å². The van der Waals surface area contributed by atoms with Crippen molar-refractivity contribution in [3.8, 4) is 11.3 Å². The number of nitrogens with one attached hydrogen (secondary N) is 3. The molecule has 5 rings (SSSR count). The van der Waals surface area contributed by atoms with Gasteiger partial charge >= 0.3 is 0 Å². The summed E-state index contributed by atoms with van der Waals surface area (Å²) in [6.07, 6.45) is 3.88. The van der Waals surface area contributed by atoms with Gasteiger partial charge in [-0.1, -0.05) is 13.0 Å². The number of hydrogen-bond acceptors (Lipinski definition) is 4. The fourth-order valence-corrected chi connectivity index (χ4v) is 6.00. The molecule has 8 nitrogen and oxygen atoms in total. The van der Waals surface area contributed by atoms with Crippen molar-refractivity contribution in [1.82, 2.24) is 14.5 Å². The van der Waals surface area contributed by atoms with Crippen molar-refractivity contribution in [3.05, 3.63) is 75.9 Å². The summed E-state index contributed by atoms with van der Waals surface area (Å²) in [4.78, 5) is 20.7. The zero-order chi connectivity index (χ0) is 26.3. The maximum absolute atomic E-state index is 15.2. The molecule has 0 saturated carbocycles. The number of hydrogen-bond donors (Lipinski definition) is 3. The third-order valence-electron chi connectivity index (χ3n) is 5.98. The average Bonchev–Trinajstić information content (AvgIpc) is 3.44. The molecule has 5 aromatic rings. The van der Waals surface area contributed by atoms with Gasteiger partial charge in [0.1, 0.15) is 5.65 Å². The molecule has 0 saturated heterocycles. The number of nitrogens with zero attached hydrogens (tertiary/aromatic N) is 2. The molecule has 0 fully saturated rings. The first-order chi connectivity index (χ1) is 17.6. The molecule has 0 atom stereocenters. The smallest absolute Gasteiger partial charge is 0.259 e. The van der Waals surface area contributed by atoms with E-state index in [9.17, 15) is 13.2 Å². The minimum atomic E-state index is -3.72. The van der Waals surface area contributed by atoms with Gasteiger partial charge < -0.3 is 14.9 Å². The predicted molar refractivity (Wildman–Crippen MR) is 153 cm³/mol. The molecule has 1 amide bonds. The lowest BCUT2D eigenvalue weighted by atomic mass is 10.1. The summed E-state index contributed by atoms with van der Waals surface area (Å²) in [6, 6.07) is 14.7. The number of aromatic nitrogens is 3. The van der Waals surface area contributed by atoms with Crippen LogP contribution in [-0.4, -0.2) is 34.6 Å². The molecular weight excluding hydrogens is 608 g/mol. The highest BCUT2D eigenvalue weighted by Crippen LogP contribution is 2.29. The summed E-state index contributed by atoms with van der Waals surface area (Å²) >= 11 is 1.85. The fourth-order valence-electron chi connectivity index (χ4n) is 4.21. The topological polar surface area (TPSA) is 109 Å². The highest BCUT2D eigenvalue weighted by Gasteiger charge is 2.22. The highest BCUT2D eigenvalue weighted by atomic mass is 127. The summed E-state index contributed by atoms with van der Waals surface area (Å²) in [5, 5.41) is 4.58. The maximum Gasteiger partial charge on any atom is 0.259 e. The third-order valence-corrected chi connectivity index (χ3v) is 8.36. The van der Waals surface area contributed by atoms with Crippen LogP contribution >= 0.6 is 22.6 Å². The van der Waals surface area contributed by atoms with E-state index < -0.39 is 21.7 Å². The number of halogens is 2. The summed E-state index contributed by atoms with van der Waals surface area (Å²) in [5.41, 5.74) is 3.53. The fraction of sp³-hybridized carbons (Fsp3) is 0.154. The maximum atomic E-state index is 15.2. The molecule has 3 aromatic heterocycles. The number of pyridine rings is 1. The Kier molecular flexibility index (Phi) is 6.67. The largest absolute Gasteiger partial charge is 0.351 e. The number of amides is 1. The van der Waals surface area contributed by atoms with E-state index in [0.29, 0.717) is 21.3 Å². The molecule has 0 aliphatic carbocycles. The van der Waals surface area contributed by atoms with Gasteiger partial charge in [-0.25, -0.2) is 17.8 Å². The van der Waals surface area contributed by atoms with Gasteiger partial charge in [0.05, 0.1) is 28.9 Å². The number of aromatic amines is 1. The van der Waals surface area contributed by atoms with E-state index in [1.165, 1.54) is 18.3 Å². The molecule has 0 unspecified atom stereocenters. The lowest BCUT2D eigenvalue weighted by Gasteiger charge is -2.13. The number of anilines is 2. The van der Waals surface area contributed by atoms with Gasteiger partial charge in [0, 0.05) is 38.8 Å². The van der Waals surface area contributed by atoms with E-state index in [1.54, 1.807) is 13.0 Å². The summed E-state index contributed by atoms with van der Waals surface area (Å²) in [6.45, 7) is 1.71. The number of H-pyrrole nitrogens is 1. The highest BCUT2D eigenvalue weighted by molar-refractivity contribution is 14.1. The Morgan fingerprint density at radius 2 is 1.95 bits per heavy atom. The van der Waals surface area contributed by atoms with Gasteiger partial charge in [0.15, 0.2) is 5.82 Å². The number of carbonyl (C=O) groups is 1. The van der Waals surface area contributed by atoms with Crippen LogP contribution in [0.5, 0.6) is 0 Å². The SMILES string of the molecule is CCCS(=O)(=O)Nc1ccc(I)c(C(=O)Nc2cnc3[nH]c(-c4ccc5c(ccn5C)c4)cc3c2)c1F. The minimum absolute atomic E-state index is 0.149. The molecule has 2 aromatic carbocycles. The van der Waals surface area contributed by atoms with E-state index in [1.807, 2.05) is 48.0 Å². The van der Waals surface area contributed by atoms with Crippen LogP contribution in [0.2, 0.25) is 0 Å². The molecule has 11 heteroatoms. The molecule has 3 heterocycles.